The highest BCUT2D eigenvalue weighted by Gasteiger charge is 2.75. The summed E-state index contributed by atoms with van der Waals surface area (Å²) in [7, 11) is 4.47. The molecule has 27 heavy (non-hydrogen) atoms. The molecule has 0 N–H and O–H groups in total. The van der Waals surface area contributed by atoms with E-state index < -0.39 is 21.2 Å². The molecule has 4 saturated heterocycles. The van der Waals surface area contributed by atoms with Gasteiger partial charge >= 0.3 is 0 Å². The van der Waals surface area contributed by atoms with Crippen LogP contribution in [0, 0.1) is 16.7 Å². The number of ether oxygens (including phenoxy) is 2. The fraction of sp³-hybridized carbons (Fsp3) is 0.500. The molecule has 140 valence electrons. The highest BCUT2D eigenvalue weighted by molar-refractivity contribution is 8.78. The fourth-order valence-electron chi connectivity index (χ4n) is 4.55. The zero-order valence-corrected chi connectivity index (χ0v) is 16.6. The minimum absolute atomic E-state index is 0.103. The van der Waals surface area contributed by atoms with Crippen LogP contribution in [0.3, 0.4) is 0 Å². The average molecular weight is 403 g/mol. The van der Waals surface area contributed by atoms with E-state index in [1.807, 2.05) is 19.1 Å². The number of para-hydroxylation sites is 1. The third-order valence-electron chi connectivity index (χ3n) is 6.07. The lowest BCUT2D eigenvalue weighted by atomic mass is 9.79. The van der Waals surface area contributed by atoms with E-state index in [1.165, 1.54) is 26.5 Å². The molecule has 9 heteroatoms. The van der Waals surface area contributed by atoms with Crippen molar-refractivity contribution in [2.75, 3.05) is 13.8 Å². The summed E-state index contributed by atoms with van der Waals surface area (Å²) in [5.74, 6) is 0.884. The maximum absolute atomic E-state index is 13.5. The van der Waals surface area contributed by atoms with Crippen LogP contribution >= 0.6 is 21.6 Å². The van der Waals surface area contributed by atoms with Gasteiger partial charge in [-0.25, -0.2) is 0 Å². The number of piperazine rings is 1. The van der Waals surface area contributed by atoms with Gasteiger partial charge in [-0.3, -0.25) is 9.59 Å². The molecular weight excluding hydrogens is 386 g/mol. The summed E-state index contributed by atoms with van der Waals surface area (Å²) in [4.78, 5) is 27.9. The number of carbonyl (C=O) groups excluding carboxylic acids is 2. The highest BCUT2D eigenvalue weighted by atomic mass is 33.1. The molecule has 0 aliphatic carbocycles. The molecule has 6 rings (SSSR count). The van der Waals surface area contributed by atoms with Crippen LogP contribution in [0.25, 0.3) is 0 Å². The van der Waals surface area contributed by atoms with Gasteiger partial charge in [0.1, 0.15) is 0 Å². The van der Waals surface area contributed by atoms with Crippen molar-refractivity contribution >= 4 is 33.4 Å². The number of amides is 2. The van der Waals surface area contributed by atoms with E-state index in [0.717, 1.165) is 5.56 Å². The van der Waals surface area contributed by atoms with Crippen molar-refractivity contribution in [3.05, 3.63) is 23.8 Å². The zero-order valence-electron chi connectivity index (χ0n) is 15.0. The summed E-state index contributed by atoms with van der Waals surface area (Å²) in [6, 6.07) is 7.30. The third kappa shape index (κ3) is 1.81. The van der Waals surface area contributed by atoms with Crippen molar-refractivity contribution in [1.29, 1.82) is 5.26 Å². The van der Waals surface area contributed by atoms with Gasteiger partial charge in [-0.15, -0.1) is 0 Å². The van der Waals surface area contributed by atoms with Gasteiger partial charge < -0.3 is 19.3 Å². The maximum atomic E-state index is 13.5. The lowest BCUT2D eigenvalue weighted by Gasteiger charge is -2.57. The first kappa shape index (κ1) is 17.1. The second-order valence-electron chi connectivity index (χ2n) is 7.66. The lowest BCUT2D eigenvalue weighted by molar-refractivity contribution is -0.164. The first-order valence-corrected chi connectivity index (χ1v) is 10.7. The molecule has 7 nitrogen and oxygen atoms in total. The summed E-state index contributed by atoms with van der Waals surface area (Å²) in [6.45, 7) is 3.69. The molecule has 4 fully saturated rings. The maximum Gasteiger partial charge on any atom is 0.261 e. The zero-order chi connectivity index (χ0) is 19.2. The highest BCUT2D eigenvalue weighted by Crippen LogP contribution is 2.70. The van der Waals surface area contributed by atoms with Crippen LogP contribution in [-0.4, -0.2) is 45.2 Å². The largest absolute Gasteiger partial charge is 0.454 e. The smallest absolute Gasteiger partial charge is 0.261 e. The molecule has 0 unspecified atom stereocenters. The van der Waals surface area contributed by atoms with E-state index in [1.54, 1.807) is 24.9 Å². The Balaban J connectivity index is 1.75. The Hall–Kier alpha value is -2.05. The van der Waals surface area contributed by atoms with Crippen LogP contribution in [0.5, 0.6) is 11.5 Å². The Morgan fingerprint density at radius 3 is 2.74 bits per heavy atom. The van der Waals surface area contributed by atoms with Crippen molar-refractivity contribution in [3.63, 3.8) is 0 Å². The van der Waals surface area contributed by atoms with Gasteiger partial charge in [0.2, 0.25) is 6.79 Å². The molecule has 2 amide bonds. The van der Waals surface area contributed by atoms with Crippen LogP contribution in [0.4, 0.5) is 0 Å². The van der Waals surface area contributed by atoms with E-state index in [-0.39, 0.29) is 25.0 Å². The quantitative estimate of drug-likeness (QED) is 0.666. The molecule has 4 atom stereocenters. The summed E-state index contributed by atoms with van der Waals surface area (Å²) in [5, 5.41) is 10.1. The third-order valence-corrected chi connectivity index (χ3v) is 9.77. The van der Waals surface area contributed by atoms with Crippen molar-refractivity contribution in [2.45, 2.75) is 36.1 Å². The molecule has 5 aliphatic rings. The van der Waals surface area contributed by atoms with Crippen molar-refractivity contribution < 1.29 is 19.1 Å². The minimum Gasteiger partial charge on any atom is -0.454 e. The summed E-state index contributed by atoms with van der Waals surface area (Å²) in [6.07, 6.45) is 0.272. The van der Waals surface area contributed by atoms with Crippen molar-refractivity contribution in [2.24, 2.45) is 5.41 Å². The average Bonchev–Trinajstić information content (AvgIpc) is 3.24. The first-order valence-electron chi connectivity index (χ1n) is 8.57. The number of hydrogen-bond donors (Lipinski definition) is 0. The second-order valence-corrected chi connectivity index (χ2v) is 10.5. The molecule has 1 aromatic rings. The molecule has 0 aromatic heterocycles. The molecule has 0 radical (unpaired) electrons. The minimum atomic E-state index is -1.08. The normalized spacial score (nSPS) is 39.0. The van der Waals surface area contributed by atoms with Gasteiger partial charge in [-0.05, 0) is 19.9 Å². The molecule has 5 aliphatic heterocycles. The first-order chi connectivity index (χ1) is 12.8. The van der Waals surface area contributed by atoms with Crippen LogP contribution in [0.2, 0.25) is 0 Å². The van der Waals surface area contributed by atoms with Crippen LogP contribution in [0.15, 0.2) is 18.2 Å². The van der Waals surface area contributed by atoms with Gasteiger partial charge in [-0.1, -0.05) is 33.7 Å². The Morgan fingerprint density at radius 2 is 2.00 bits per heavy atom. The Morgan fingerprint density at radius 1 is 1.22 bits per heavy atom. The van der Waals surface area contributed by atoms with Gasteiger partial charge in [0, 0.05) is 19.0 Å². The number of hydrogen-bond acceptors (Lipinski definition) is 7. The molecule has 2 bridgehead atoms. The summed E-state index contributed by atoms with van der Waals surface area (Å²) >= 11 is 0. The topological polar surface area (TPSA) is 82.9 Å². The second kappa shape index (κ2) is 5.06. The van der Waals surface area contributed by atoms with Gasteiger partial charge in [-0.2, -0.15) is 5.26 Å². The van der Waals surface area contributed by atoms with Crippen LogP contribution in [-0.2, 0) is 9.59 Å². The summed E-state index contributed by atoms with van der Waals surface area (Å²) in [5.41, 5.74) is -0.215. The number of nitrogens with zero attached hydrogens (tertiary/aromatic N) is 3. The van der Waals surface area contributed by atoms with E-state index in [2.05, 4.69) is 6.07 Å². The number of likely N-dealkylation sites (N-methyl/N-ethyl adjacent to an activating group) is 1. The van der Waals surface area contributed by atoms with Crippen LogP contribution < -0.4 is 9.47 Å². The van der Waals surface area contributed by atoms with Crippen molar-refractivity contribution in [1.82, 2.24) is 9.80 Å². The van der Waals surface area contributed by atoms with E-state index in [4.69, 9.17) is 9.47 Å². The number of benzene rings is 1. The molecule has 1 aromatic carbocycles. The van der Waals surface area contributed by atoms with Gasteiger partial charge in [0.05, 0.1) is 17.5 Å². The van der Waals surface area contributed by atoms with E-state index in [9.17, 15) is 14.9 Å². The number of nitriles is 1. The number of fused-ring (bicyclic) bond motifs is 3. The monoisotopic (exact) mass is 403 g/mol. The van der Waals surface area contributed by atoms with E-state index in [0.29, 0.717) is 11.5 Å². The molecular formula is C18H17N3O4S2. The Kier molecular flexibility index (Phi) is 3.20. The summed E-state index contributed by atoms with van der Waals surface area (Å²) < 4.78 is 11.2. The molecule has 0 saturated carbocycles. The fourth-order valence-corrected chi connectivity index (χ4v) is 8.14. The standard InChI is InChI=1S/C18H17N3O4S2/c1-16(8-19)7-18-15(23)20(3)17(2,26-27-18)14(22)21(18)13(16)10-5-4-6-11-12(10)25-9-24-11/h4-6,13H,7,9H2,1-3H3/t13-,16+,17-,18-/m0/s1. The Labute approximate surface area is 164 Å². The van der Waals surface area contributed by atoms with E-state index >= 15 is 0 Å². The number of rotatable bonds is 1. The number of carbonyl (C=O) groups is 2. The molecule has 1 spiro atoms. The lowest BCUT2D eigenvalue weighted by Crippen LogP contribution is -2.73. The predicted molar refractivity (Wildman–Crippen MR) is 99.6 cm³/mol. The van der Waals surface area contributed by atoms with Gasteiger partial charge in [0.25, 0.3) is 11.8 Å². The van der Waals surface area contributed by atoms with Crippen LogP contribution in [0.1, 0.15) is 31.9 Å². The van der Waals surface area contributed by atoms with Crippen molar-refractivity contribution in [3.8, 4) is 17.6 Å². The predicted octanol–water partition coefficient (Wildman–Crippen LogP) is 2.50. The molecule has 5 heterocycles. The SMILES string of the molecule is CN1C(=O)[C@@]23C[C@](C)(C#N)[C@H](c4cccc5c4OCO5)N2C(=O)[C@]1(C)SS3. The Bertz CT molecular complexity index is 949. The van der Waals surface area contributed by atoms with Gasteiger partial charge in [0.15, 0.2) is 21.2 Å².